The molecule has 1 N–H and O–H groups in total. The highest BCUT2D eigenvalue weighted by Crippen LogP contribution is 2.27. The van der Waals surface area contributed by atoms with E-state index in [4.69, 9.17) is 4.74 Å². The summed E-state index contributed by atoms with van der Waals surface area (Å²) in [6, 6.07) is -0.00456. The molecule has 1 aliphatic carbocycles. The van der Waals surface area contributed by atoms with E-state index in [2.05, 4.69) is 10.4 Å². The first-order valence-corrected chi connectivity index (χ1v) is 8.43. The predicted octanol–water partition coefficient (Wildman–Crippen LogP) is 0.907. The van der Waals surface area contributed by atoms with E-state index in [1.54, 1.807) is 18.0 Å². The molecule has 2 unspecified atom stereocenters. The van der Waals surface area contributed by atoms with Gasteiger partial charge in [0, 0.05) is 25.6 Å². The molecule has 6 nitrogen and oxygen atoms in total. The van der Waals surface area contributed by atoms with Crippen molar-refractivity contribution in [3.05, 3.63) is 12.4 Å². The lowest BCUT2D eigenvalue weighted by Crippen LogP contribution is -2.34. The SMILES string of the molecule is COCCn1cc(NC2CCCC2S(C)(=O)=O)cn1. The molecule has 0 aliphatic heterocycles. The van der Waals surface area contributed by atoms with E-state index in [-0.39, 0.29) is 11.3 Å². The fourth-order valence-electron chi connectivity index (χ4n) is 2.56. The quantitative estimate of drug-likeness (QED) is 0.842. The lowest BCUT2D eigenvalue weighted by molar-refractivity contribution is 0.183. The highest BCUT2D eigenvalue weighted by Gasteiger charge is 2.34. The van der Waals surface area contributed by atoms with E-state index in [9.17, 15) is 8.42 Å². The first kappa shape index (κ1) is 14.3. The molecular formula is C12H21N3O3S. The number of anilines is 1. The Morgan fingerprint density at radius 1 is 1.53 bits per heavy atom. The van der Waals surface area contributed by atoms with E-state index in [1.165, 1.54) is 6.26 Å². The number of rotatable bonds is 6. The fourth-order valence-corrected chi connectivity index (χ4v) is 3.96. The molecule has 0 bridgehead atoms. The molecule has 1 heterocycles. The number of ether oxygens (including phenoxy) is 1. The average molecular weight is 287 g/mol. The maximum Gasteiger partial charge on any atom is 0.152 e. The van der Waals surface area contributed by atoms with E-state index in [0.717, 1.165) is 24.9 Å². The number of nitrogens with zero attached hydrogens (tertiary/aromatic N) is 2. The van der Waals surface area contributed by atoms with Gasteiger partial charge in [-0.3, -0.25) is 4.68 Å². The lowest BCUT2D eigenvalue weighted by atomic mass is 10.2. The summed E-state index contributed by atoms with van der Waals surface area (Å²) in [4.78, 5) is 0. The molecule has 1 saturated carbocycles. The summed E-state index contributed by atoms with van der Waals surface area (Å²) < 4.78 is 30.2. The molecule has 7 heteroatoms. The number of nitrogens with one attached hydrogen (secondary N) is 1. The van der Waals surface area contributed by atoms with Crippen LogP contribution in [0.25, 0.3) is 0 Å². The summed E-state index contributed by atoms with van der Waals surface area (Å²) in [6.45, 7) is 1.30. The average Bonchev–Trinajstić information content (AvgIpc) is 2.95. The molecule has 2 atom stereocenters. The Labute approximate surface area is 114 Å². The van der Waals surface area contributed by atoms with Gasteiger partial charge in [0.15, 0.2) is 9.84 Å². The van der Waals surface area contributed by atoms with Crippen molar-refractivity contribution in [2.75, 3.05) is 25.3 Å². The highest BCUT2D eigenvalue weighted by atomic mass is 32.2. The van der Waals surface area contributed by atoms with Crippen LogP contribution in [-0.2, 0) is 21.1 Å². The summed E-state index contributed by atoms with van der Waals surface area (Å²) in [6.07, 6.45) is 7.52. The zero-order chi connectivity index (χ0) is 13.9. The molecule has 0 aromatic carbocycles. The Balaban J connectivity index is 1.98. The van der Waals surface area contributed by atoms with Crippen LogP contribution in [0.2, 0.25) is 0 Å². The van der Waals surface area contributed by atoms with Gasteiger partial charge in [-0.15, -0.1) is 0 Å². The molecule has 2 rings (SSSR count). The number of aromatic nitrogens is 2. The Hall–Kier alpha value is -1.08. The maximum absolute atomic E-state index is 11.7. The van der Waals surface area contributed by atoms with Crippen LogP contribution in [0.1, 0.15) is 19.3 Å². The molecule has 1 aromatic rings. The van der Waals surface area contributed by atoms with Gasteiger partial charge in [0.25, 0.3) is 0 Å². The molecular weight excluding hydrogens is 266 g/mol. The first-order chi connectivity index (χ1) is 9.00. The third-order valence-corrected chi connectivity index (χ3v) is 5.18. The molecule has 1 aromatic heterocycles. The van der Waals surface area contributed by atoms with Gasteiger partial charge in [0.05, 0.1) is 30.3 Å². The smallest absolute Gasteiger partial charge is 0.152 e. The first-order valence-electron chi connectivity index (χ1n) is 6.47. The van der Waals surface area contributed by atoms with Gasteiger partial charge in [-0.25, -0.2) is 8.42 Å². The number of methoxy groups -OCH3 is 1. The van der Waals surface area contributed by atoms with E-state index >= 15 is 0 Å². The number of hydrogen-bond donors (Lipinski definition) is 1. The monoisotopic (exact) mass is 287 g/mol. The Bertz CT molecular complexity index is 512. The van der Waals surface area contributed by atoms with Crippen molar-refractivity contribution in [2.24, 2.45) is 0 Å². The summed E-state index contributed by atoms with van der Waals surface area (Å²) in [5.41, 5.74) is 0.872. The van der Waals surface area contributed by atoms with Gasteiger partial charge >= 0.3 is 0 Å². The maximum atomic E-state index is 11.7. The van der Waals surface area contributed by atoms with Gasteiger partial charge in [-0.1, -0.05) is 0 Å². The second-order valence-electron chi connectivity index (χ2n) is 5.03. The van der Waals surface area contributed by atoms with Crippen molar-refractivity contribution in [1.82, 2.24) is 9.78 Å². The minimum atomic E-state index is -2.99. The zero-order valence-corrected chi connectivity index (χ0v) is 12.2. The Kier molecular flexibility index (Phi) is 4.46. The van der Waals surface area contributed by atoms with Crippen LogP contribution in [0.3, 0.4) is 0 Å². The van der Waals surface area contributed by atoms with Crippen molar-refractivity contribution in [3.63, 3.8) is 0 Å². The summed E-state index contributed by atoms with van der Waals surface area (Å²) in [5.74, 6) is 0. The normalized spacial score (nSPS) is 23.7. The summed E-state index contributed by atoms with van der Waals surface area (Å²) in [5, 5.41) is 7.22. The van der Waals surface area contributed by atoms with Crippen LogP contribution in [0.4, 0.5) is 5.69 Å². The van der Waals surface area contributed by atoms with Crippen LogP contribution in [0.15, 0.2) is 12.4 Å². The molecule has 0 radical (unpaired) electrons. The standard InChI is InChI=1S/C12H21N3O3S/c1-18-7-6-15-9-10(8-13-15)14-11-4-3-5-12(11)19(2,16)17/h8-9,11-12,14H,3-7H2,1-2H3. The van der Waals surface area contributed by atoms with Gasteiger partial charge < -0.3 is 10.1 Å². The van der Waals surface area contributed by atoms with E-state index in [1.807, 2.05) is 6.20 Å². The molecule has 108 valence electrons. The predicted molar refractivity (Wildman–Crippen MR) is 74.0 cm³/mol. The number of sulfone groups is 1. The summed E-state index contributed by atoms with van der Waals surface area (Å²) >= 11 is 0. The van der Waals surface area contributed by atoms with Gasteiger partial charge in [0.1, 0.15) is 0 Å². The topological polar surface area (TPSA) is 73.2 Å². The number of hydrogen-bond acceptors (Lipinski definition) is 5. The highest BCUT2D eigenvalue weighted by molar-refractivity contribution is 7.91. The molecule has 0 amide bonds. The van der Waals surface area contributed by atoms with Crippen molar-refractivity contribution < 1.29 is 13.2 Å². The minimum Gasteiger partial charge on any atom is -0.383 e. The molecule has 0 saturated heterocycles. The van der Waals surface area contributed by atoms with Gasteiger partial charge in [-0.2, -0.15) is 5.10 Å². The lowest BCUT2D eigenvalue weighted by Gasteiger charge is -2.19. The third-order valence-electron chi connectivity index (χ3n) is 3.51. The van der Waals surface area contributed by atoms with Crippen LogP contribution in [0, 0.1) is 0 Å². The van der Waals surface area contributed by atoms with Crippen molar-refractivity contribution in [1.29, 1.82) is 0 Å². The van der Waals surface area contributed by atoms with Crippen molar-refractivity contribution in [3.8, 4) is 0 Å². The molecule has 0 spiro atoms. The van der Waals surface area contributed by atoms with Crippen LogP contribution < -0.4 is 5.32 Å². The molecule has 1 fully saturated rings. The minimum absolute atomic E-state index is 0.00456. The van der Waals surface area contributed by atoms with Crippen molar-refractivity contribution >= 4 is 15.5 Å². The Morgan fingerprint density at radius 3 is 3.00 bits per heavy atom. The molecule has 1 aliphatic rings. The van der Waals surface area contributed by atoms with Crippen LogP contribution in [-0.4, -0.2) is 49.5 Å². The molecule has 19 heavy (non-hydrogen) atoms. The Morgan fingerprint density at radius 2 is 2.32 bits per heavy atom. The van der Waals surface area contributed by atoms with Crippen LogP contribution >= 0.6 is 0 Å². The van der Waals surface area contributed by atoms with Crippen molar-refractivity contribution in [2.45, 2.75) is 37.1 Å². The van der Waals surface area contributed by atoms with E-state index < -0.39 is 9.84 Å². The second-order valence-corrected chi connectivity index (χ2v) is 7.30. The zero-order valence-electron chi connectivity index (χ0n) is 11.4. The largest absolute Gasteiger partial charge is 0.383 e. The van der Waals surface area contributed by atoms with Crippen LogP contribution in [0.5, 0.6) is 0 Å². The van der Waals surface area contributed by atoms with E-state index in [0.29, 0.717) is 13.2 Å². The fraction of sp³-hybridized carbons (Fsp3) is 0.750. The van der Waals surface area contributed by atoms with Gasteiger partial charge in [0.2, 0.25) is 0 Å². The third kappa shape index (κ3) is 3.70. The van der Waals surface area contributed by atoms with Gasteiger partial charge in [-0.05, 0) is 19.3 Å². The second kappa shape index (κ2) is 5.92. The summed E-state index contributed by atoms with van der Waals surface area (Å²) in [7, 11) is -1.34.